The summed E-state index contributed by atoms with van der Waals surface area (Å²) in [5.74, 6) is -0.258. The van der Waals surface area contributed by atoms with Crippen LogP contribution in [0, 0.1) is 5.92 Å². The molecule has 0 aliphatic rings. The Morgan fingerprint density at radius 3 is 2.63 bits per heavy atom. The second kappa shape index (κ2) is 8.08. The number of rotatable bonds is 5. The molecule has 0 spiro atoms. The van der Waals surface area contributed by atoms with E-state index in [2.05, 4.69) is 20.5 Å². The molecule has 1 N–H and O–H groups in total. The van der Waals surface area contributed by atoms with Crippen LogP contribution in [-0.2, 0) is 6.54 Å². The maximum absolute atomic E-state index is 13.2. The first-order valence-corrected chi connectivity index (χ1v) is 9.77. The van der Waals surface area contributed by atoms with Crippen LogP contribution in [0.4, 0.5) is 5.69 Å². The normalized spacial score (nSPS) is 11.2. The van der Waals surface area contributed by atoms with Gasteiger partial charge in [-0.1, -0.05) is 43.6 Å². The first-order valence-electron chi connectivity index (χ1n) is 9.40. The third-order valence-electron chi connectivity index (χ3n) is 4.49. The van der Waals surface area contributed by atoms with Gasteiger partial charge in [-0.05, 0) is 30.2 Å². The van der Waals surface area contributed by atoms with Crippen molar-refractivity contribution < 1.29 is 4.79 Å². The highest BCUT2D eigenvalue weighted by Crippen LogP contribution is 2.25. The zero-order valence-electron chi connectivity index (χ0n) is 16.4. The van der Waals surface area contributed by atoms with E-state index in [-0.39, 0.29) is 17.2 Å². The Morgan fingerprint density at radius 1 is 1.17 bits per heavy atom. The van der Waals surface area contributed by atoms with E-state index in [0.29, 0.717) is 33.7 Å². The van der Waals surface area contributed by atoms with E-state index < -0.39 is 5.91 Å². The molecule has 8 nitrogen and oxygen atoms in total. The summed E-state index contributed by atoms with van der Waals surface area (Å²) in [6, 6.07) is 12.0. The molecule has 30 heavy (non-hydrogen) atoms. The molecule has 0 unspecified atom stereocenters. The van der Waals surface area contributed by atoms with Crippen molar-refractivity contribution in [1.82, 2.24) is 24.5 Å². The number of benzene rings is 2. The van der Waals surface area contributed by atoms with Crippen LogP contribution >= 0.6 is 11.6 Å². The average Bonchev–Trinajstić information content (AvgIpc) is 3.24. The Kier molecular flexibility index (Phi) is 5.33. The molecule has 2 heterocycles. The maximum Gasteiger partial charge on any atom is 0.276 e. The van der Waals surface area contributed by atoms with Crippen LogP contribution in [0.25, 0.3) is 16.5 Å². The van der Waals surface area contributed by atoms with Crippen molar-refractivity contribution in [2.45, 2.75) is 20.4 Å². The van der Waals surface area contributed by atoms with Gasteiger partial charge in [0.25, 0.3) is 11.5 Å². The Labute approximate surface area is 177 Å². The highest BCUT2D eigenvalue weighted by atomic mass is 35.5. The number of amides is 1. The summed E-state index contributed by atoms with van der Waals surface area (Å²) in [6.07, 6.45) is 2.92. The number of nitrogens with one attached hydrogen (secondary N) is 1. The molecule has 152 valence electrons. The molecule has 0 saturated carbocycles. The summed E-state index contributed by atoms with van der Waals surface area (Å²) in [6.45, 7) is 4.38. The third-order valence-corrected chi connectivity index (χ3v) is 4.73. The van der Waals surface area contributed by atoms with Gasteiger partial charge in [0.1, 0.15) is 12.7 Å². The number of carbonyl (C=O) groups is 1. The summed E-state index contributed by atoms with van der Waals surface area (Å²) in [5.41, 5.74) is 0.993. The van der Waals surface area contributed by atoms with E-state index in [1.807, 2.05) is 13.8 Å². The Morgan fingerprint density at radius 2 is 1.93 bits per heavy atom. The lowest BCUT2D eigenvalue weighted by atomic mass is 10.1. The van der Waals surface area contributed by atoms with Gasteiger partial charge in [-0.2, -0.15) is 10.2 Å². The summed E-state index contributed by atoms with van der Waals surface area (Å²) in [5, 5.41) is 12.7. The van der Waals surface area contributed by atoms with Crippen molar-refractivity contribution in [2.75, 3.05) is 5.32 Å². The van der Waals surface area contributed by atoms with E-state index in [9.17, 15) is 9.59 Å². The minimum Gasteiger partial charge on any atom is -0.319 e. The number of fused-ring (bicyclic) bond motifs is 1. The maximum atomic E-state index is 13.2. The Balaban J connectivity index is 1.81. The van der Waals surface area contributed by atoms with E-state index in [4.69, 9.17) is 11.6 Å². The standard InChI is InChI=1S/C21H19ClN6O2/c1-13(2)10-27-21(30)16-6-4-3-5-15(16)19(26-27)20(29)25-17-9-14(22)7-8-18(17)28-12-23-11-24-28/h3-9,11-13H,10H2,1-2H3,(H,25,29). The van der Waals surface area contributed by atoms with Crippen LogP contribution in [0.1, 0.15) is 24.3 Å². The molecule has 4 rings (SSSR count). The zero-order chi connectivity index (χ0) is 21.3. The fourth-order valence-corrected chi connectivity index (χ4v) is 3.37. The minimum absolute atomic E-state index is 0.162. The lowest BCUT2D eigenvalue weighted by Gasteiger charge is -2.14. The number of hydrogen-bond acceptors (Lipinski definition) is 5. The molecule has 0 radical (unpaired) electrons. The fraction of sp³-hybridized carbons (Fsp3) is 0.190. The second-order valence-corrected chi connectivity index (χ2v) is 7.67. The van der Waals surface area contributed by atoms with E-state index in [1.165, 1.54) is 22.0 Å². The molecule has 0 bridgehead atoms. The van der Waals surface area contributed by atoms with Crippen molar-refractivity contribution in [1.29, 1.82) is 0 Å². The lowest BCUT2D eigenvalue weighted by Crippen LogP contribution is -2.29. The number of hydrogen-bond donors (Lipinski definition) is 1. The van der Waals surface area contributed by atoms with E-state index in [0.717, 1.165) is 0 Å². The highest BCUT2D eigenvalue weighted by molar-refractivity contribution is 6.31. The van der Waals surface area contributed by atoms with Gasteiger partial charge in [0, 0.05) is 17.0 Å². The molecule has 2 aromatic carbocycles. The molecule has 0 atom stereocenters. The van der Waals surface area contributed by atoms with Crippen molar-refractivity contribution in [3.8, 4) is 5.69 Å². The lowest BCUT2D eigenvalue weighted by molar-refractivity contribution is 0.102. The molecular weight excluding hydrogens is 404 g/mol. The van der Waals surface area contributed by atoms with Gasteiger partial charge in [-0.25, -0.2) is 14.3 Å². The smallest absolute Gasteiger partial charge is 0.276 e. The predicted molar refractivity (Wildman–Crippen MR) is 115 cm³/mol. The molecule has 0 saturated heterocycles. The fourth-order valence-electron chi connectivity index (χ4n) is 3.19. The number of nitrogens with zero attached hydrogens (tertiary/aromatic N) is 5. The molecule has 2 aromatic heterocycles. The molecule has 9 heteroatoms. The number of aromatic nitrogens is 5. The minimum atomic E-state index is -0.452. The van der Waals surface area contributed by atoms with Crippen LogP contribution in [0.5, 0.6) is 0 Å². The zero-order valence-corrected chi connectivity index (χ0v) is 17.2. The van der Waals surface area contributed by atoms with Gasteiger partial charge in [-0.15, -0.1) is 0 Å². The van der Waals surface area contributed by atoms with Crippen molar-refractivity contribution in [3.05, 3.63) is 76.2 Å². The highest BCUT2D eigenvalue weighted by Gasteiger charge is 2.19. The van der Waals surface area contributed by atoms with Gasteiger partial charge in [0.05, 0.1) is 16.8 Å². The molecule has 1 amide bonds. The Hall–Kier alpha value is -3.52. The van der Waals surface area contributed by atoms with Gasteiger partial charge in [0.15, 0.2) is 5.69 Å². The van der Waals surface area contributed by atoms with Gasteiger partial charge < -0.3 is 5.32 Å². The van der Waals surface area contributed by atoms with Crippen LogP contribution in [-0.4, -0.2) is 30.5 Å². The van der Waals surface area contributed by atoms with Crippen LogP contribution in [0.3, 0.4) is 0 Å². The SMILES string of the molecule is CC(C)Cn1nc(C(=O)Nc2cc(Cl)ccc2-n2cncn2)c2ccccc2c1=O. The number of carbonyl (C=O) groups excluding carboxylic acids is 1. The van der Waals surface area contributed by atoms with Crippen LogP contribution in [0.15, 0.2) is 59.9 Å². The number of anilines is 1. The largest absolute Gasteiger partial charge is 0.319 e. The van der Waals surface area contributed by atoms with Crippen molar-refractivity contribution in [2.24, 2.45) is 5.92 Å². The molecule has 0 aliphatic carbocycles. The predicted octanol–water partition coefficient (Wildman–Crippen LogP) is 3.54. The van der Waals surface area contributed by atoms with E-state index in [1.54, 1.807) is 42.5 Å². The quantitative estimate of drug-likeness (QED) is 0.530. The van der Waals surface area contributed by atoms with Gasteiger partial charge in [-0.3, -0.25) is 9.59 Å². The van der Waals surface area contributed by atoms with Crippen molar-refractivity contribution >= 4 is 34.0 Å². The summed E-state index contributed by atoms with van der Waals surface area (Å²) >= 11 is 6.15. The molecule has 0 fully saturated rings. The van der Waals surface area contributed by atoms with Gasteiger partial charge in [0.2, 0.25) is 0 Å². The van der Waals surface area contributed by atoms with Crippen molar-refractivity contribution in [3.63, 3.8) is 0 Å². The molecule has 0 aliphatic heterocycles. The first kappa shape index (κ1) is 19.8. The third kappa shape index (κ3) is 3.81. The summed E-state index contributed by atoms with van der Waals surface area (Å²) in [7, 11) is 0. The first-order chi connectivity index (χ1) is 14.4. The topological polar surface area (TPSA) is 94.7 Å². The summed E-state index contributed by atoms with van der Waals surface area (Å²) < 4.78 is 2.87. The van der Waals surface area contributed by atoms with E-state index >= 15 is 0 Å². The van der Waals surface area contributed by atoms with Gasteiger partial charge >= 0.3 is 0 Å². The monoisotopic (exact) mass is 422 g/mol. The van der Waals surface area contributed by atoms with Crippen LogP contribution < -0.4 is 10.9 Å². The summed E-state index contributed by atoms with van der Waals surface area (Å²) in [4.78, 5) is 30.0. The van der Waals surface area contributed by atoms with Crippen LogP contribution in [0.2, 0.25) is 5.02 Å². The second-order valence-electron chi connectivity index (χ2n) is 7.23. The number of halogens is 1. The average molecular weight is 423 g/mol. The molecular formula is C21H19ClN6O2. The Bertz CT molecular complexity index is 1280. The molecule has 4 aromatic rings.